The molecular weight excluding hydrogens is 204 g/mol. The second kappa shape index (κ2) is 7.63. The largest absolute Gasteiger partial charge is 0.383 e. The first-order valence-corrected chi connectivity index (χ1v) is 6.30. The first-order valence-electron chi connectivity index (χ1n) is 6.30. The first kappa shape index (κ1) is 13.5. The Balaban J connectivity index is 2.33. The molecular formula is C12H24N2O2. The molecule has 1 aliphatic rings. The van der Waals surface area contributed by atoms with E-state index in [1.54, 1.807) is 7.11 Å². The number of amides is 1. The van der Waals surface area contributed by atoms with E-state index in [2.05, 4.69) is 17.6 Å². The molecule has 0 radical (unpaired) electrons. The number of methoxy groups -OCH3 is 1. The smallest absolute Gasteiger partial charge is 0.237 e. The fourth-order valence-electron chi connectivity index (χ4n) is 2.12. The van der Waals surface area contributed by atoms with Crippen molar-refractivity contribution in [2.45, 2.75) is 51.1 Å². The molecule has 94 valence electrons. The molecule has 4 nitrogen and oxygen atoms in total. The van der Waals surface area contributed by atoms with Gasteiger partial charge in [0.15, 0.2) is 0 Å². The van der Waals surface area contributed by atoms with Gasteiger partial charge in [0.1, 0.15) is 0 Å². The lowest BCUT2D eigenvalue weighted by Crippen LogP contribution is -2.50. The van der Waals surface area contributed by atoms with Gasteiger partial charge in [-0.2, -0.15) is 0 Å². The van der Waals surface area contributed by atoms with Crippen LogP contribution in [0.2, 0.25) is 0 Å². The summed E-state index contributed by atoms with van der Waals surface area (Å²) in [5.41, 5.74) is 0. The van der Waals surface area contributed by atoms with E-state index in [-0.39, 0.29) is 18.0 Å². The van der Waals surface area contributed by atoms with E-state index in [0.29, 0.717) is 6.61 Å². The quantitative estimate of drug-likeness (QED) is 0.714. The fraction of sp³-hybridized carbons (Fsp3) is 0.917. The molecule has 0 aliphatic carbocycles. The zero-order valence-corrected chi connectivity index (χ0v) is 10.4. The normalized spacial score (nSPS) is 22.8. The van der Waals surface area contributed by atoms with Gasteiger partial charge in [-0.25, -0.2) is 0 Å². The van der Waals surface area contributed by atoms with Gasteiger partial charge in [-0.3, -0.25) is 4.79 Å². The SMILES string of the molecule is CCCC(COC)NC(=O)[C@H]1CCCCN1. The van der Waals surface area contributed by atoms with Crippen molar-refractivity contribution in [1.82, 2.24) is 10.6 Å². The zero-order valence-electron chi connectivity index (χ0n) is 10.4. The van der Waals surface area contributed by atoms with E-state index in [0.717, 1.165) is 32.2 Å². The summed E-state index contributed by atoms with van der Waals surface area (Å²) in [5.74, 6) is 0.134. The van der Waals surface area contributed by atoms with Crippen molar-refractivity contribution < 1.29 is 9.53 Å². The molecule has 0 aromatic rings. The summed E-state index contributed by atoms with van der Waals surface area (Å²) < 4.78 is 5.11. The number of nitrogens with one attached hydrogen (secondary N) is 2. The zero-order chi connectivity index (χ0) is 11.8. The molecule has 2 atom stereocenters. The predicted molar refractivity (Wildman–Crippen MR) is 64.4 cm³/mol. The standard InChI is InChI=1S/C12H24N2O2/c1-3-6-10(9-16-2)14-12(15)11-7-4-5-8-13-11/h10-11,13H,3-9H2,1-2H3,(H,14,15)/t10?,11-/m1/s1. The molecule has 1 fully saturated rings. The summed E-state index contributed by atoms with van der Waals surface area (Å²) in [7, 11) is 1.67. The Morgan fingerprint density at radius 2 is 2.38 bits per heavy atom. The van der Waals surface area contributed by atoms with Crippen molar-refractivity contribution in [3.05, 3.63) is 0 Å². The molecule has 1 aliphatic heterocycles. The van der Waals surface area contributed by atoms with Crippen LogP contribution in [0.1, 0.15) is 39.0 Å². The highest BCUT2D eigenvalue weighted by Gasteiger charge is 2.22. The molecule has 1 heterocycles. The maximum Gasteiger partial charge on any atom is 0.237 e. The molecule has 0 saturated carbocycles. The van der Waals surface area contributed by atoms with E-state index in [1.165, 1.54) is 6.42 Å². The molecule has 1 unspecified atom stereocenters. The average Bonchev–Trinajstić information content (AvgIpc) is 2.31. The molecule has 1 amide bonds. The third kappa shape index (κ3) is 4.49. The predicted octanol–water partition coefficient (Wildman–Crippen LogP) is 1.06. The number of carbonyl (C=O) groups excluding carboxylic acids is 1. The molecule has 0 spiro atoms. The number of rotatable bonds is 6. The summed E-state index contributed by atoms with van der Waals surface area (Å²) in [5, 5.41) is 6.32. The van der Waals surface area contributed by atoms with Crippen molar-refractivity contribution in [2.24, 2.45) is 0 Å². The monoisotopic (exact) mass is 228 g/mol. The van der Waals surface area contributed by atoms with Crippen molar-refractivity contribution in [1.29, 1.82) is 0 Å². The van der Waals surface area contributed by atoms with Crippen LogP contribution in [0.25, 0.3) is 0 Å². The van der Waals surface area contributed by atoms with E-state index in [9.17, 15) is 4.79 Å². The van der Waals surface area contributed by atoms with Crippen LogP contribution in [0.5, 0.6) is 0 Å². The van der Waals surface area contributed by atoms with Crippen molar-refractivity contribution in [3.63, 3.8) is 0 Å². The van der Waals surface area contributed by atoms with E-state index < -0.39 is 0 Å². The summed E-state index contributed by atoms with van der Waals surface area (Å²) in [6.45, 7) is 3.68. The highest BCUT2D eigenvalue weighted by molar-refractivity contribution is 5.82. The molecule has 0 aromatic heterocycles. The van der Waals surface area contributed by atoms with E-state index >= 15 is 0 Å². The van der Waals surface area contributed by atoms with Crippen LogP contribution in [-0.4, -0.2) is 38.3 Å². The molecule has 0 aromatic carbocycles. The minimum atomic E-state index is 0.00459. The van der Waals surface area contributed by atoms with E-state index in [1.807, 2.05) is 0 Å². The van der Waals surface area contributed by atoms with Crippen LogP contribution in [0.15, 0.2) is 0 Å². The lowest BCUT2D eigenvalue weighted by atomic mass is 10.0. The van der Waals surface area contributed by atoms with Crippen molar-refractivity contribution in [3.8, 4) is 0 Å². The molecule has 2 N–H and O–H groups in total. The Bertz CT molecular complexity index is 197. The molecule has 0 bridgehead atoms. The van der Waals surface area contributed by atoms with Crippen LogP contribution < -0.4 is 10.6 Å². The van der Waals surface area contributed by atoms with E-state index in [4.69, 9.17) is 4.74 Å². The van der Waals surface area contributed by atoms with Gasteiger partial charge in [0, 0.05) is 7.11 Å². The summed E-state index contributed by atoms with van der Waals surface area (Å²) in [6.07, 6.45) is 5.32. The third-order valence-electron chi connectivity index (χ3n) is 2.98. The Morgan fingerprint density at radius 1 is 1.56 bits per heavy atom. The van der Waals surface area contributed by atoms with Crippen LogP contribution in [0.3, 0.4) is 0 Å². The summed E-state index contributed by atoms with van der Waals surface area (Å²) >= 11 is 0. The van der Waals surface area contributed by atoms with Crippen LogP contribution >= 0.6 is 0 Å². The second-order valence-corrected chi connectivity index (χ2v) is 4.45. The first-order chi connectivity index (χ1) is 7.77. The third-order valence-corrected chi connectivity index (χ3v) is 2.98. The van der Waals surface area contributed by atoms with Gasteiger partial charge in [-0.1, -0.05) is 19.8 Å². The van der Waals surface area contributed by atoms with Gasteiger partial charge < -0.3 is 15.4 Å². The van der Waals surface area contributed by atoms with Gasteiger partial charge in [0.05, 0.1) is 18.7 Å². The van der Waals surface area contributed by atoms with Crippen molar-refractivity contribution >= 4 is 5.91 Å². The Kier molecular flexibility index (Phi) is 6.42. The maximum atomic E-state index is 11.9. The maximum absolute atomic E-state index is 11.9. The van der Waals surface area contributed by atoms with Gasteiger partial charge in [0.25, 0.3) is 0 Å². The molecule has 1 rings (SSSR count). The number of carbonyl (C=O) groups is 1. The lowest BCUT2D eigenvalue weighted by molar-refractivity contribution is -0.124. The number of hydrogen-bond acceptors (Lipinski definition) is 3. The highest BCUT2D eigenvalue weighted by atomic mass is 16.5. The number of ether oxygens (including phenoxy) is 1. The Labute approximate surface area is 98.1 Å². The van der Waals surface area contributed by atoms with Crippen LogP contribution in [-0.2, 0) is 9.53 Å². The molecule has 1 saturated heterocycles. The number of piperidine rings is 1. The van der Waals surface area contributed by atoms with Crippen molar-refractivity contribution in [2.75, 3.05) is 20.3 Å². The minimum absolute atomic E-state index is 0.00459. The molecule has 4 heteroatoms. The summed E-state index contributed by atoms with van der Waals surface area (Å²) in [6, 6.07) is 0.163. The fourth-order valence-corrected chi connectivity index (χ4v) is 2.12. The average molecular weight is 228 g/mol. The molecule has 16 heavy (non-hydrogen) atoms. The van der Waals surface area contributed by atoms with Crippen LogP contribution in [0, 0.1) is 0 Å². The minimum Gasteiger partial charge on any atom is -0.383 e. The Morgan fingerprint density at radius 3 is 2.94 bits per heavy atom. The van der Waals surface area contributed by atoms with Gasteiger partial charge >= 0.3 is 0 Å². The Hall–Kier alpha value is -0.610. The number of hydrogen-bond donors (Lipinski definition) is 2. The van der Waals surface area contributed by atoms with Gasteiger partial charge in [-0.15, -0.1) is 0 Å². The lowest BCUT2D eigenvalue weighted by Gasteiger charge is -2.25. The van der Waals surface area contributed by atoms with Gasteiger partial charge in [-0.05, 0) is 25.8 Å². The van der Waals surface area contributed by atoms with Crippen LogP contribution in [0.4, 0.5) is 0 Å². The highest BCUT2D eigenvalue weighted by Crippen LogP contribution is 2.07. The van der Waals surface area contributed by atoms with Gasteiger partial charge in [0.2, 0.25) is 5.91 Å². The summed E-state index contributed by atoms with van der Waals surface area (Å²) in [4.78, 5) is 11.9. The second-order valence-electron chi connectivity index (χ2n) is 4.45. The topological polar surface area (TPSA) is 50.4 Å².